The van der Waals surface area contributed by atoms with Crippen LogP contribution >= 0.6 is 27.5 Å². The lowest BCUT2D eigenvalue weighted by atomic mass is 9.88. The number of nitrogens with zero attached hydrogens (tertiary/aromatic N) is 4. The summed E-state index contributed by atoms with van der Waals surface area (Å²) in [6.45, 7) is 13.3. The Morgan fingerprint density at radius 3 is 1.18 bits per heavy atom. The molecule has 22 aromatic rings. The lowest BCUT2D eigenvalue weighted by molar-refractivity contribution is 0.483. The topological polar surface area (TPSA) is 124 Å². The summed E-state index contributed by atoms with van der Waals surface area (Å²) in [5.41, 5.74) is 24.5. The summed E-state index contributed by atoms with van der Waals surface area (Å²) in [5, 5.41) is 23.0. The quantitative estimate of drug-likeness (QED) is 0.101. The second-order valence-electron chi connectivity index (χ2n) is 33.9. The molecule has 0 aliphatic carbocycles. The Balaban J connectivity index is 0.000000143. The maximum absolute atomic E-state index is 6.70. The molecular weight excluding hydrogens is 1650 g/mol. The summed E-state index contributed by atoms with van der Waals surface area (Å²) in [6, 6.07) is 133. The number of aromatic amines is 2. The molecule has 0 bridgehead atoms. The summed E-state index contributed by atoms with van der Waals surface area (Å²) >= 11 is 10.1. The van der Waals surface area contributed by atoms with Crippen LogP contribution in [0.4, 0.5) is 17.1 Å². The van der Waals surface area contributed by atoms with Crippen molar-refractivity contribution in [1.29, 1.82) is 0 Å². The number of nitrogens with one attached hydrogen (secondary N) is 3. The molecule has 22 rings (SSSR count). The van der Waals surface area contributed by atoms with E-state index in [1.165, 1.54) is 65.2 Å². The van der Waals surface area contributed by atoms with Crippen molar-refractivity contribution in [2.75, 3.05) is 11.1 Å². The van der Waals surface area contributed by atoms with Crippen molar-refractivity contribution < 1.29 is 9.47 Å². The van der Waals surface area contributed by atoms with Crippen LogP contribution in [-0.2, 0) is 10.8 Å². The summed E-state index contributed by atoms with van der Waals surface area (Å²) in [7, 11) is 0. The number of benzene rings is 16. The minimum absolute atomic E-state index is 0. The van der Waals surface area contributed by atoms with E-state index < -0.39 is 0 Å². The highest BCUT2D eigenvalue weighted by atomic mass is 79.9. The van der Waals surface area contributed by atoms with Crippen molar-refractivity contribution in [2.24, 2.45) is 0 Å². The maximum Gasteiger partial charge on any atom is 0.137 e. The van der Waals surface area contributed by atoms with Gasteiger partial charge in [0.05, 0.1) is 55.5 Å². The number of hydrogen-bond acceptors (Lipinski definition) is 6. The molecule has 0 aliphatic heterocycles. The number of rotatable bonds is 10. The monoisotopic (exact) mass is 1750 g/mol. The molecule has 0 aliphatic rings. The number of halogens is 2. The van der Waals surface area contributed by atoms with Gasteiger partial charge in [-0.3, -0.25) is 9.13 Å². The van der Waals surface area contributed by atoms with Gasteiger partial charge in [-0.25, -0.2) is 9.97 Å². The van der Waals surface area contributed by atoms with Crippen molar-refractivity contribution in [3.8, 4) is 56.9 Å². The van der Waals surface area contributed by atoms with Gasteiger partial charge in [-0.15, -0.1) is 0 Å². The van der Waals surface area contributed by atoms with Crippen LogP contribution < -0.4 is 20.5 Å². The molecule has 0 saturated heterocycles. The van der Waals surface area contributed by atoms with Gasteiger partial charge >= 0.3 is 0 Å². The van der Waals surface area contributed by atoms with Crippen LogP contribution in [0.2, 0.25) is 5.02 Å². The third kappa shape index (κ3) is 16.3. The van der Waals surface area contributed by atoms with Crippen molar-refractivity contribution in [2.45, 2.75) is 67.2 Å². The first kappa shape index (κ1) is 83.9. The zero-order valence-corrected chi connectivity index (χ0v) is 72.8. The lowest BCUT2D eigenvalue weighted by Crippen LogP contribution is -2.12. The standard InChI is InChI=1S/C57H43ClN4O.C30H22N2.C27H23BrN2O.2CH4/c1-57(2,3)37-30-31-59-54(32-37)62-52-29-26-38(58)33-50(52)47-28-27-41(35-53(47)62)63-40-17-11-16-39(34-40)60-51-25-13-24-49-46-21-10-8-19-44(46)43-18-7-9-20-45(43)48-23-12-22-42(55(48)61-56(49)51)36-14-5-4-6-15-36;31-28-19-9-18-27-25-15-7-5-13-23(25)22-12-4-6-14-24(22)26-17-8-16-21(29(26)32-30(27)28)20-10-2-1-3-11-20;1-27(2,3)18-13-14-29-26(15-18)30-24-10-5-4-9-22(24)23-12-11-21(17-25(23)30)31-20-8-6-7-19(28)16-20;;/h4-35,60-61H,1-3H3;1-19,32H,31H2;4-17H,1-3H3;2*1H4. The van der Waals surface area contributed by atoms with E-state index in [0.717, 1.165) is 143 Å². The van der Waals surface area contributed by atoms with Crippen LogP contribution in [0.25, 0.3) is 164 Å². The highest BCUT2D eigenvalue weighted by molar-refractivity contribution is 9.10. The Kier molecular flexibility index (Phi) is 23.1. The van der Waals surface area contributed by atoms with Crippen LogP contribution in [-0.4, -0.2) is 29.1 Å². The fourth-order valence-electron chi connectivity index (χ4n) is 17.7. The van der Waals surface area contributed by atoms with Gasteiger partial charge < -0.3 is 30.5 Å². The Morgan fingerprint density at radius 1 is 0.312 bits per heavy atom. The molecule has 12 heteroatoms. The Morgan fingerprint density at radius 2 is 0.688 bits per heavy atom. The average molecular weight is 1750 g/mol. The summed E-state index contributed by atoms with van der Waals surface area (Å²) in [4.78, 5) is 17.4. The van der Waals surface area contributed by atoms with E-state index in [4.69, 9.17) is 36.8 Å². The van der Waals surface area contributed by atoms with Crippen LogP contribution in [0.15, 0.2) is 399 Å². The first-order chi connectivity index (χ1) is 61.5. The van der Waals surface area contributed by atoms with Gasteiger partial charge in [0, 0.05) is 100.0 Å². The molecule has 0 saturated carbocycles. The Hall–Kier alpha value is -15.0. The van der Waals surface area contributed by atoms with Gasteiger partial charge in [-0.1, -0.05) is 333 Å². The van der Waals surface area contributed by atoms with Crippen molar-refractivity contribution >= 4 is 175 Å². The summed E-state index contributed by atoms with van der Waals surface area (Å²) in [5.74, 6) is 4.77. The second-order valence-corrected chi connectivity index (χ2v) is 35.3. The molecule has 626 valence electrons. The number of fused-ring (bicyclic) bond motifs is 20. The number of pyridine rings is 2. The lowest BCUT2D eigenvalue weighted by Gasteiger charge is -2.20. The predicted octanol–water partition coefficient (Wildman–Crippen LogP) is 33.7. The number of ether oxygens (including phenoxy) is 2. The molecule has 0 unspecified atom stereocenters. The van der Waals surface area contributed by atoms with Crippen molar-refractivity contribution in [1.82, 2.24) is 29.1 Å². The SMILES string of the molecule is C.C.CC(C)(C)c1ccnc(-n2c3ccc(Cl)cc3c3ccc(Oc4cccc(Nc5cccc6c5[nH]c5c(-c7ccccc7)cccc5c5ccccc5c5ccccc65)c4)cc32)c1.CC(C)(C)c1ccnc(-n2c3ccccc3c3ccc(Oc4cccc(Br)c4)cc32)c1.Nc1cccc2c1[nH]c1c(-c3ccccc3)cccc1c1ccccc1c1ccccc21. The summed E-state index contributed by atoms with van der Waals surface area (Å²) < 4.78 is 18.3. The summed E-state index contributed by atoms with van der Waals surface area (Å²) in [6.07, 6.45) is 3.80. The van der Waals surface area contributed by atoms with Gasteiger partial charge in [0.15, 0.2) is 0 Å². The number of anilines is 3. The third-order valence-corrected chi connectivity index (χ3v) is 24.5. The molecule has 128 heavy (non-hydrogen) atoms. The largest absolute Gasteiger partial charge is 0.457 e. The predicted molar refractivity (Wildman–Crippen MR) is 549 cm³/mol. The molecule has 6 heterocycles. The van der Waals surface area contributed by atoms with E-state index in [2.05, 4.69) is 385 Å². The zero-order chi connectivity index (χ0) is 85.7. The number of nitrogen functional groups attached to an aromatic ring is 1. The number of nitrogens with two attached hydrogens (primary N) is 1. The molecular formula is C116H96BrClN8O2. The highest BCUT2D eigenvalue weighted by Crippen LogP contribution is 2.44. The van der Waals surface area contributed by atoms with Crippen LogP contribution in [0, 0.1) is 0 Å². The minimum atomic E-state index is -0.0358. The zero-order valence-electron chi connectivity index (χ0n) is 70.5. The first-order valence-electron chi connectivity index (χ1n) is 42.5. The smallest absolute Gasteiger partial charge is 0.137 e. The van der Waals surface area contributed by atoms with Crippen molar-refractivity contribution in [3.63, 3.8) is 0 Å². The Labute approximate surface area is 758 Å². The molecule has 10 nitrogen and oxygen atoms in total. The van der Waals surface area contributed by atoms with Gasteiger partial charge in [0.2, 0.25) is 0 Å². The first-order valence-corrected chi connectivity index (χ1v) is 43.6. The highest BCUT2D eigenvalue weighted by Gasteiger charge is 2.23. The molecule has 0 amide bonds. The Bertz CT molecular complexity index is 8160. The van der Waals surface area contributed by atoms with Gasteiger partial charge in [-0.05, 0) is 191 Å². The van der Waals surface area contributed by atoms with Crippen LogP contribution in [0.3, 0.4) is 0 Å². The van der Waals surface area contributed by atoms with Gasteiger partial charge in [0.1, 0.15) is 34.6 Å². The van der Waals surface area contributed by atoms with Gasteiger partial charge in [-0.2, -0.15) is 0 Å². The van der Waals surface area contributed by atoms with Crippen LogP contribution in [0.1, 0.15) is 67.5 Å². The molecule has 16 aromatic carbocycles. The van der Waals surface area contributed by atoms with E-state index >= 15 is 0 Å². The van der Waals surface area contributed by atoms with E-state index in [9.17, 15) is 0 Å². The molecule has 0 radical (unpaired) electrons. The van der Waals surface area contributed by atoms with Gasteiger partial charge in [0.25, 0.3) is 0 Å². The van der Waals surface area contributed by atoms with Crippen molar-refractivity contribution in [3.05, 3.63) is 415 Å². The maximum atomic E-state index is 6.70. The van der Waals surface area contributed by atoms with E-state index in [0.29, 0.717) is 16.5 Å². The second kappa shape index (κ2) is 35.2. The number of H-pyrrole nitrogens is 2. The van der Waals surface area contributed by atoms with E-state index in [-0.39, 0.29) is 25.7 Å². The third-order valence-electron chi connectivity index (χ3n) is 23.8. The minimum Gasteiger partial charge on any atom is -0.457 e. The van der Waals surface area contributed by atoms with E-state index in [1.807, 2.05) is 91.3 Å². The number of aromatic nitrogens is 6. The molecule has 0 fully saturated rings. The average Bonchev–Trinajstić information content (AvgIpc) is 1.61. The van der Waals surface area contributed by atoms with E-state index in [1.54, 1.807) is 0 Å². The fourth-order valence-corrected chi connectivity index (χ4v) is 18.3. The van der Waals surface area contributed by atoms with Crippen LogP contribution in [0.5, 0.6) is 23.0 Å². The molecule has 6 aromatic heterocycles. The number of hydrogen-bond donors (Lipinski definition) is 4. The molecule has 5 N–H and O–H groups in total. The molecule has 0 atom stereocenters. The molecule has 0 spiro atoms. The normalized spacial score (nSPS) is 11.5. The fraction of sp³-hybridized carbons (Fsp3) is 0.0862. The number of para-hydroxylation sites is 5.